The van der Waals surface area contributed by atoms with Crippen LogP contribution in [0.25, 0.3) is 0 Å². The number of rotatable bonds is 9. The van der Waals surface area contributed by atoms with Crippen molar-refractivity contribution >= 4 is 21.6 Å². The van der Waals surface area contributed by atoms with Crippen LogP contribution in [0.3, 0.4) is 0 Å². The molecule has 2 N–H and O–H groups in total. The fraction of sp³-hybridized carbons (Fsp3) is 0.320. The van der Waals surface area contributed by atoms with Crippen LogP contribution in [0, 0.1) is 0 Å². The van der Waals surface area contributed by atoms with Crippen LogP contribution in [0.2, 0.25) is 0 Å². The van der Waals surface area contributed by atoms with Crippen LogP contribution in [-0.2, 0) is 27.8 Å². The summed E-state index contributed by atoms with van der Waals surface area (Å²) in [4.78, 5) is 14.8. The van der Waals surface area contributed by atoms with Crippen LogP contribution < -0.4 is 14.9 Å². The third kappa shape index (κ3) is 6.46. The second kappa shape index (κ2) is 10.7. The van der Waals surface area contributed by atoms with E-state index in [0.717, 1.165) is 37.1 Å². The predicted molar refractivity (Wildman–Crippen MR) is 127 cm³/mol. The molecule has 33 heavy (non-hydrogen) atoms. The fourth-order valence-electron chi connectivity index (χ4n) is 4.03. The van der Waals surface area contributed by atoms with E-state index in [0.29, 0.717) is 18.7 Å². The molecular weight excluding hydrogens is 438 g/mol. The number of furan rings is 1. The Morgan fingerprint density at radius 2 is 1.82 bits per heavy atom. The van der Waals surface area contributed by atoms with Crippen molar-refractivity contribution in [3.63, 3.8) is 0 Å². The van der Waals surface area contributed by atoms with Crippen molar-refractivity contribution in [1.82, 2.24) is 10.0 Å². The minimum atomic E-state index is -3.63. The lowest BCUT2D eigenvalue weighted by atomic mass is 10.0. The first-order chi connectivity index (χ1) is 16.0. The number of carbonyl (C=O) groups excluding carboxylic acids is 1. The van der Waals surface area contributed by atoms with Gasteiger partial charge in [0, 0.05) is 31.2 Å². The zero-order chi connectivity index (χ0) is 23.1. The molecule has 0 aliphatic carbocycles. The van der Waals surface area contributed by atoms with Crippen LogP contribution in [0.1, 0.15) is 30.6 Å². The van der Waals surface area contributed by atoms with Gasteiger partial charge in [-0.05, 0) is 61.2 Å². The van der Waals surface area contributed by atoms with Gasteiger partial charge >= 0.3 is 0 Å². The van der Waals surface area contributed by atoms with Crippen LogP contribution in [0.4, 0.5) is 5.69 Å². The summed E-state index contributed by atoms with van der Waals surface area (Å²) in [6.07, 6.45) is 4.62. The van der Waals surface area contributed by atoms with E-state index in [1.165, 1.54) is 6.26 Å². The number of carbonyl (C=O) groups is 1. The van der Waals surface area contributed by atoms with Gasteiger partial charge in [0.1, 0.15) is 5.76 Å². The number of hydrogen-bond donors (Lipinski definition) is 2. The Labute approximate surface area is 194 Å². The molecule has 0 radical (unpaired) electrons. The third-order valence-electron chi connectivity index (χ3n) is 5.80. The zero-order valence-electron chi connectivity index (χ0n) is 18.4. The lowest BCUT2D eigenvalue weighted by Crippen LogP contribution is -2.47. The Morgan fingerprint density at radius 1 is 1.03 bits per heavy atom. The van der Waals surface area contributed by atoms with E-state index in [4.69, 9.17) is 4.42 Å². The first-order valence-electron chi connectivity index (χ1n) is 11.2. The standard InChI is InChI=1S/C25H29N3O4S/c29-25(15-10-20-6-2-1-3-7-20)27-21-8-4-16-28(19-21)22-11-13-24(14-12-22)33(30,31)26-18-23-9-5-17-32-23/h1-3,5-7,9,11-14,17,21,26H,4,8,10,15-16,18-19H2,(H,27,29). The quantitative estimate of drug-likeness (QED) is 0.503. The molecule has 1 aliphatic rings. The molecule has 0 spiro atoms. The average Bonchev–Trinajstić information content (AvgIpc) is 3.36. The second-order valence-corrected chi connectivity index (χ2v) is 10.0. The Balaban J connectivity index is 1.30. The van der Waals surface area contributed by atoms with Gasteiger partial charge in [-0.15, -0.1) is 0 Å². The highest BCUT2D eigenvalue weighted by atomic mass is 32.2. The molecule has 7 nitrogen and oxygen atoms in total. The summed E-state index contributed by atoms with van der Waals surface area (Å²) >= 11 is 0. The number of nitrogens with one attached hydrogen (secondary N) is 2. The molecule has 1 unspecified atom stereocenters. The maximum Gasteiger partial charge on any atom is 0.240 e. The van der Waals surface area contributed by atoms with Gasteiger partial charge in [0.25, 0.3) is 0 Å². The molecule has 0 saturated carbocycles. The SMILES string of the molecule is O=C(CCc1ccccc1)NC1CCCN(c2ccc(S(=O)(=O)NCc3ccco3)cc2)C1. The number of amides is 1. The van der Waals surface area contributed by atoms with Gasteiger partial charge in [-0.1, -0.05) is 30.3 Å². The summed E-state index contributed by atoms with van der Waals surface area (Å²) in [6, 6.07) is 20.4. The minimum absolute atomic E-state index is 0.0646. The Morgan fingerprint density at radius 3 is 2.55 bits per heavy atom. The molecule has 1 saturated heterocycles. The molecule has 1 amide bonds. The van der Waals surface area contributed by atoms with Gasteiger partial charge in [-0.25, -0.2) is 13.1 Å². The molecule has 1 atom stereocenters. The normalized spacial score (nSPS) is 16.5. The van der Waals surface area contributed by atoms with E-state index in [2.05, 4.69) is 14.9 Å². The first kappa shape index (κ1) is 23.1. The number of anilines is 1. The second-order valence-electron chi connectivity index (χ2n) is 8.24. The maximum atomic E-state index is 12.5. The highest BCUT2D eigenvalue weighted by Gasteiger charge is 2.22. The van der Waals surface area contributed by atoms with Crippen molar-refractivity contribution in [3.8, 4) is 0 Å². The largest absolute Gasteiger partial charge is 0.468 e. The van der Waals surface area contributed by atoms with Gasteiger partial charge < -0.3 is 14.6 Å². The molecule has 0 bridgehead atoms. The highest BCUT2D eigenvalue weighted by Crippen LogP contribution is 2.22. The minimum Gasteiger partial charge on any atom is -0.468 e. The number of sulfonamides is 1. The molecule has 174 valence electrons. The summed E-state index contributed by atoms with van der Waals surface area (Å²) in [5, 5.41) is 3.16. The highest BCUT2D eigenvalue weighted by molar-refractivity contribution is 7.89. The molecule has 4 rings (SSSR count). The van der Waals surface area contributed by atoms with Crippen LogP contribution in [0.5, 0.6) is 0 Å². The Bertz CT molecular complexity index is 1130. The number of nitrogens with zero attached hydrogens (tertiary/aromatic N) is 1. The van der Waals surface area contributed by atoms with Crippen LogP contribution in [-0.4, -0.2) is 33.5 Å². The van der Waals surface area contributed by atoms with Crippen LogP contribution in [0.15, 0.2) is 82.3 Å². The molecule has 1 aliphatic heterocycles. The zero-order valence-corrected chi connectivity index (χ0v) is 19.3. The molecule has 3 aromatic rings. The smallest absolute Gasteiger partial charge is 0.240 e. The van der Waals surface area contributed by atoms with E-state index in [1.807, 2.05) is 42.5 Å². The van der Waals surface area contributed by atoms with Crippen LogP contribution >= 0.6 is 0 Å². The molecule has 2 aromatic carbocycles. The van der Waals surface area contributed by atoms with Gasteiger partial charge in [0.2, 0.25) is 15.9 Å². The van der Waals surface area contributed by atoms with Crippen molar-refractivity contribution < 1.29 is 17.6 Å². The number of piperidine rings is 1. The van der Waals surface area contributed by atoms with Crippen molar-refractivity contribution in [2.24, 2.45) is 0 Å². The summed E-state index contributed by atoms with van der Waals surface area (Å²) in [7, 11) is -3.63. The van der Waals surface area contributed by atoms with E-state index >= 15 is 0 Å². The molecule has 1 aromatic heterocycles. The fourth-order valence-corrected chi connectivity index (χ4v) is 5.02. The van der Waals surface area contributed by atoms with Gasteiger partial charge in [-0.3, -0.25) is 4.79 Å². The summed E-state index contributed by atoms with van der Waals surface area (Å²) in [6.45, 7) is 1.69. The molecular formula is C25H29N3O4S. The maximum absolute atomic E-state index is 12.5. The van der Waals surface area contributed by atoms with E-state index in [9.17, 15) is 13.2 Å². The number of hydrogen-bond acceptors (Lipinski definition) is 5. The molecule has 8 heteroatoms. The lowest BCUT2D eigenvalue weighted by molar-refractivity contribution is -0.121. The predicted octanol–water partition coefficient (Wildman–Crippen LogP) is 3.48. The summed E-state index contributed by atoms with van der Waals surface area (Å²) < 4.78 is 32.8. The van der Waals surface area contributed by atoms with Crippen molar-refractivity contribution in [2.75, 3.05) is 18.0 Å². The van der Waals surface area contributed by atoms with Crippen molar-refractivity contribution in [2.45, 2.75) is 43.2 Å². The molecule has 2 heterocycles. The monoisotopic (exact) mass is 467 g/mol. The van der Waals surface area contributed by atoms with Gasteiger partial charge in [-0.2, -0.15) is 0 Å². The topological polar surface area (TPSA) is 91.7 Å². The van der Waals surface area contributed by atoms with E-state index in [1.54, 1.807) is 24.3 Å². The number of aryl methyl sites for hydroxylation is 1. The molecule has 1 fully saturated rings. The summed E-state index contributed by atoms with van der Waals surface area (Å²) in [5.74, 6) is 0.621. The van der Waals surface area contributed by atoms with E-state index in [-0.39, 0.29) is 23.4 Å². The third-order valence-corrected chi connectivity index (χ3v) is 7.22. The average molecular weight is 468 g/mol. The summed E-state index contributed by atoms with van der Waals surface area (Å²) in [5.41, 5.74) is 2.11. The Kier molecular flexibility index (Phi) is 7.47. The number of benzene rings is 2. The van der Waals surface area contributed by atoms with Gasteiger partial charge in [0.05, 0.1) is 17.7 Å². The Hall–Kier alpha value is -3.10. The van der Waals surface area contributed by atoms with Gasteiger partial charge in [0.15, 0.2) is 0 Å². The van der Waals surface area contributed by atoms with E-state index < -0.39 is 10.0 Å². The van der Waals surface area contributed by atoms with Crippen molar-refractivity contribution in [1.29, 1.82) is 0 Å². The van der Waals surface area contributed by atoms with Crippen molar-refractivity contribution in [3.05, 3.63) is 84.3 Å². The lowest BCUT2D eigenvalue weighted by Gasteiger charge is -2.35. The first-order valence-corrected chi connectivity index (χ1v) is 12.7.